The maximum Gasteiger partial charge on any atom is 0.244 e. The van der Waals surface area contributed by atoms with Crippen molar-refractivity contribution in [2.75, 3.05) is 13.1 Å². The van der Waals surface area contributed by atoms with Gasteiger partial charge < -0.3 is 20.2 Å². The van der Waals surface area contributed by atoms with E-state index in [1.807, 2.05) is 0 Å². The van der Waals surface area contributed by atoms with Crippen LogP contribution in [0.4, 0.5) is 4.39 Å². The minimum atomic E-state index is -1.13. The average Bonchev–Trinajstić information content (AvgIpc) is 3.12. The zero-order valence-corrected chi connectivity index (χ0v) is 13.4. The number of hydrogen-bond donors (Lipinski definition) is 3. The summed E-state index contributed by atoms with van der Waals surface area (Å²) in [5.41, 5.74) is 0.124. The summed E-state index contributed by atoms with van der Waals surface area (Å²) in [4.78, 5) is 23.2. The molecule has 3 N–H and O–H groups in total. The van der Waals surface area contributed by atoms with E-state index in [1.54, 1.807) is 18.2 Å². The molecule has 0 aliphatic heterocycles. The molecule has 1 unspecified atom stereocenters. The highest BCUT2D eigenvalue weighted by Crippen LogP contribution is 2.15. The van der Waals surface area contributed by atoms with Crippen molar-refractivity contribution in [3.05, 3.63) is 65.9 Å². The van der Waals surface area contributed by atoms with Gasteiger partial charge in [-0.1, -0.05) is 18.2 Å². The highest BCUT2D eigenvalue weighted by Gasteiger charge is 2.13. The first-order chi connectivity index (χ1) is 12.1. The molecule has 132 valence electrons. The van der Waals surface area contributed by atoms with Gasteiger partial charge in [-0.25, -0.2) is 4.39 Å². The highest BCUT2D eigenvalue weighted by atomic mass is 19.1. The maximum atomic E-state index is 13.5. The Balaban J connectivity index is 1.65. The Morgan fingerprint density at radius 2 is 2.00 bits per heavy atom. The van der Waals surface area contributed by atoms with Crippen molar-refractivity contribution in [3.63, 3.8) is 0 Å². The smallest absolute Gasteiger partial charge is 0.244 e. The van der Waals surface area contributed by atoms with E-state index in [0.717, 1.165) is 0 Å². The van der Waals surface area contributed by atoms with Crippen molar-refractivity contribution in [2.24, 2.45) is 0 Å². The molecule has 1 aromatic carbocycles. The Kier molecular flexibility index (Phi) is 6.91. The van der Waals surface area contributed by atoms with E-state index in [0.29, 0.717) is 5.76 Å². The van der Waals surface area contributed by atoms with Gasteiger partial charge in [-0.2, -0.15) is 0 Å². The average molecular weight is 346 g/mol. The number of nitrogens with one attached hydrogen (secondary N) is 2. The van der Waals surface area contributed by atoms with Crippen LogP contribution in [0.1, 0.15) is 23.8 Å². The Morgan fingerprint density at radius 3 is 2.72 bits per heavy atom. The highest BCUT2D eigenvalue weighted by molar-refractivity contribution is 5.91. The molecule has 2 rings (SSSR count). The fourth-order valence-electron chi connectivity index (χ4n) is 2.06. The van der Waals surface area contributed by atoms with Crippen LogP contribution in [-0.2, 0) is 9.59 Å². The molecule has 0 fully saturated rings. The van der Waals surface area contributed by atoms with E-state index < -0.39 is 11.9 Å². The van der Waals surface area contributed by atoms with E-state index in [2.05, 4.69) is 10.6 Å². The fraction of sp³-hybridized carbons (Fsp3) is 0.222. The van der Waals surface area contributed by atoms with Crippen LogP contribution >= 0.6 is 0 Å². The van der Waals surface area contributed by atoms with Crippen molar-refractivity contribution in [1.29, 1.82) is 0 Å². The Hall–Kier alpha value is -2.93. The van der Waals surface area contributed by atoms with Crippen molar-refractivity contribution < 1.29 is 23.5 Å². The van der Waals surface area contributed by atoms with Gasteiger partial charge in [0.2, 0.25) is 11.8 Å². The van der Waals surface area contributed by atoms with Gasteiger partial charge in [-0.3, -0.25) is 9.59 Å². The number of benzene rings is 1. The lowest BCUT2D eigenvalue weighted by atomic mass is 10.1. The molecule has 1 aromatic heterocycles. The lowest BCUT2D eigenvalue weighted by Gasteiger charge is -2.13. The standard InChI is InChI=1S/C18H19FN2O4/c19-15-6-2-1-5-14(15)16(22)12-21-18(24)9-10-20-17(23)8-7-13-4-3-11-25-13/h1-8,11,16,22H,9-10,12H2,(H,20,23)(H,21,24)/b8-7+. The molecule has 0 saturated carbocycles. The largest absolute Gasteiger partial charge is 0.465 e. The first-order valence-electron chi connectivity index (χ1n) is 7.75. The van der Waals surface area contributed by atoms with Gasteiger partial charge in [0, 0.05) is 31.1 Å². The first kappa shape index (κ1) is 18.4. The molecule has 0 radical (unpaired) electrons. The monoisotopic (exact) mass is 346 g/mol. The summed E-state index contributed by atoms with van der Waals surface area (Å²) in [5.74, 6) is -0.684. The lowest BCUT2D eigenvalue weighted by Crippen LogP contribution is -2.32. The van der Waals surface area contributed by atoms with Crippen molar-refractivity contribution in [2.45, 2.75) is 12.5 Å². The number of halogens is 1. The Bertz CT molecular complexity index is 728. The van der Waals surface area contributed by atoms with E-state index in [9.17, 15) is 19.1 Å². The second kappa shape index (κ2) is 9.39. The normalized spacial score (nSPS) is 12.1. The summed E-state index contributed by atoms with van der Waals surface area (Å²) in [6.07, 6.45) is 3.23. The second-order valence-electron chi connectivity index (χ2n) is 5.23. The second-order valence-corrected chi connectivity index (χ2v) is 5.23. The molecule has 7 heteroatoms. The third-order valence-electron chi connectivity index (χ3n) is 3.35. The molecule has 0 aliphatic rings. The molecule has 1 atom stereocenters. The lowest BCUT2D eigenvalue weighted by molar-refractivity contribution is -0.121. The van der Waals surface area contributed by atoms with Gasteiger partial charge in [0.1, 0.15) is 11.6 Å². The molecule has 1 heterocycles. The van der Waals surface area contributed by atoms with E-state index in [1.165, 1.54) is 36.6 Å². The van der Waals surface area contributed by atoms with Crippen LogP contribution in [0.3, 0.4) is 0 Å². The van der Waals surface area contributed by atoms with E-state index >= 15 is 0 Å². The Morgan fingerprint density at radius 1 is 1.20 bits per heavy atom. The molecule has 6 nitrogen and oxygen atoms in total. The van der Waals surface area contributed by atoms with Gasteiger partial charge in [0.25, 0.3) is 0 Å². The van der Waals surface area contributed by atoms with Crippen LogP contribution in [0.25, 0.3) is 6.08 Å². The van der Waals surface area contributed by atoms with Crippen LogP contribution in [0.5, 0.6) is 0 Å². The molecular weight excluding hydrogens is 327 g/mol. The van der Waals surface area contributed by atoms with E-state index in [4.69, 9.17) is 4.42 Å². The summed E-state index contributed by atoms with van der Waals surface area (Å²) >= 11 is 0. The topological polar surface area (TPSA) is 91.6 Å². The molecular formula is C18H19FN2O4. The van der Waals surface area contributed by atoms with Crippen LogP contribution < -0.4 is 10.6 Å². The number of aliphatic hydroxyl groups excluding tert-OH is 1. The van der Waals surface area contributed by atoms with Crippen molar-refractivity contribution >= 4 is 17.9 Å². The summed E-state index contributed by atoms with van der Waals surface area (Å²) in [7, 11) is 0. The number of aliphatic hydroxyl groups is 1. The SMILES string of the molecule is O=C(/C=C/c1ccco1)NCCC(=O)NCC(O)c1ccccc1F. The maximum absolute atomic E-state index is 13.5. The molecule has 0 saturated heterocycles. The number of rotatable bonds is 8. The summed E-state index contributed by atoms with van der Waals surface area (Å²) in [6, 6.07) is 9.24. The van der Waals surface area contributed by atoms with Gasteiger partial charge in [0.15, 0.2) is 0 Å². The third kappa shape index (κ3) is 6.23. The molecule has 0 aliphatic carbocycles. The number of carbonyl (C=O) groups excluding carboxylic acids is 2. The number of carbonyl (C=O) groups is 2. The molecule has 2 amide bonds. The van der Waals surface area contributed by atoms with Gasteiger partial charge in [0.05, 0.1) is 12.4 Å². The van der Waals surface area contributed by atoms with E-state index in [-0.39, 0.29) is 36.9 Å². The Labute approximate surface area is 144 Å². The zero-order chi connectivity index (χ0) is 18.1. The zero-order valence-electron chi connectivity index (χ0n) is 13.4. The summed E-state index contributed by atoms with van der Waals surface area (Å²) in [6.45, 7) is 0.0368. The summed E-state index contributed by atoms with van der Waals surface area (Å²) < 4.78 is 18.5. The summed E-state index contributed by atoms with van der Waals surface area (Å²) in [5, 5.41) is 14.9. The van der Waals surface area contributed by atoms with Crippen LogP contribution in [0.15, 0.2) is 53.2 Å². The van der Waals surface area contributed by atoms with Crippen LogP contribution in [0, 0.1) is 5.82 Å². The molecule has 0 spiro atoms. The third-order valence-corrected chi connectivity index (χ3v) is 3.35. The minimum Gasteiger partial charge on any atom is -0.465 e. The number of furan rings is 1. The van der Waals surface area contributed by atoms with Crippen LogP contribution in [0.2, 0.25) is 0 Å². The minimum absolute atomic E-state index is 0.0460. The van der Waals surface area contributed by atoms with Crippen molar-refractivity contribution in [1.82, 2.24) is 10.6 Å². The quantitative estimate of drug-likeness (QED) is 0.636. The molecule has 2 aromatic rings. The molecule has 25 heavy (non-hydrogen) atoms. The number of amides is 2. The molecule has 0 bridgehead atoms. The van der Waals surface area contributed by atoms with Gasteiger partial charge in [-0.05, 0) is 24.3 Å². The van der Waals surface area contributed by atoms with Gasteiger partial charge >= 0.3 is 0 Å². The van der Waals surface area contributed by atoms with Crippen molar-refractivity contribution in [3.8, 4) is 0 Å². The predicted molar refractivity (Wildman–Crippen MR) is 89.7 cm³/mol. The predicted octanol–water partition coefficient (Wildman–Crippen LogP) is 1.79. The fourth-order valence-corrected chi connectivity index (χ4v) is 2.06. The van der Waals surface area contributed by atoms with Crippen LogP contribution in [-0.4, -0.2) is 30.0 Å². The first-order valence-corrected chi connectivity index (χ1v) is 7.75. The van der Waals surface area contributed by atoms with Gasteiger partial charge in [-0.15, -0.1) is 0 Å². The number of hydrogen-bond acceptors (Lipinski definition) is 4.